The lowest BCUT2D eigenvalue weighted by Crippen LogP contribution is -2.26. The van der Waals surface area contributed by atoms with Gasteiger partial charge in [0.2, 0.25) is 0 Å². The summed E-state index contributed by atoms with van der Waals surface area (Å²) in [6, 6.07) is 4.56. The standard InChI is InChI=1S/C20H20F2N4O3/c21-20(22)26-10-8-23-17(26)12-29-19(28)13-6-7-14-15(11-13)24-16-5-3-1-2-4-9-25(16)18(14)27/h6-8,10-11,20H,1-5,9,12H2. The van der Waals surface area contributed by atoms with Gasteiger partial charge in [-0.3, -0.25) is 13.9 Å². The molecule has 0 saturated heterocycles. The first-order valence-corrected chi connectivity index (χ1v) is 9.55. The van der Waals surface area contributed by atoms with E-state index in [-0.39, 0.29) is 23.6 Å². The molecular formula is C20H20F2N4O3. The Hall–Kier alpha value is -3.10. The van der Waals surface area contributed by atoms with E-state index in [4.69, 9.17) is 4.74 Å². The Balaban J connectivity index is 1.59. The number of benzene rings is 1. The molecular weight excluding hydrogens is 382 g/mol. The molecule has 7 nitrogen and oxygen atoms in total. The molecule has 0 radical (unpaired) electrons. The molecule has 0 bridgehead atoms. The van der Waals surface area contributed by atoms with Gasteiger partial charge in [0, 0.05) is 25.4 Å². The Bertz CT molecular complexity index is 1110. The Kier molecular flexibility index (Phi) is 5.37. The van der Waals surface area contributed by atoms with Gasteiger partial charge in [0.1, 0.15) is 12.4 Å². The molecule has 0 saturated carbocycles. The lowest BCUT2D eigenvalue weighted by Gasteiger charge is -2.16. The highest BCUT2D eigenvalue weighted by Gasteiger charge is 2.17. The third kappa shape index (κ3) is 3.90. The maximum atomic E-state index is 12.9. The van der Waals surface area contributed by atoms with Crippen molar-refractivity contribution in [3.63, 3.8) is 0 Å². The number of carbonyl (C=O) groups is 1. The molecule has 3 aromatic rings. The predicted molar refractivity (Wildman–Crippen MR) is 101 cm³/mol. The number of alkyl halides is 2. The van der Waals surface area contributed by atoms with Gasteiger partial charge in [-0.1, -0.05) is 12.8 Å². The molecule has 0 aliphatic carbocycles. The number of esters is 1. The smallest absolute Gasteiger partial charge is 0.338 e. The molecule has 2 aromatic heterocycles. The topological polar surface area (TPSA) is 79.0 Å². The number of hydrogen-bond acceptors (Lipinski definition) is 5. The van der Waals surface area contributed by atoms with E-state index in [1.807, 2.05) is 0 Å². The molecule has 0 unspecified atom stereocenters. The number of nitrogens with zero attached hydrogens (tertiary/aromatic N) is 4. The quantitative estimate of drug-likeness (QED) is 0.625. The minimum Gasteiger partial charge on any atom is -0.454 e. The highest BCUT2D eigenvalue weighted by molar-refractivity contribution is 5.94. The number of aromatic nitrogens is 4. The van der Waals surface area contributed by atoms with E-state index >= 15 is 0 Å². The number of imidazole rings is 1. The van der Waals surface area contributed by atoms with Crippen LogP contribution in [0.5, 0.6) is 0 Å². The van der Waals surface area contributed by atoms with Crippen molar-refractivity contribution >= 4 is 16.9 Å². The van der Waals surface area contributed by atoms with Gasteiger partial charge in [-0.05, 0) is 31.0 Å². The zero-order valence-corrected chi connectivity index (χ0v) is 15.7. The largest absolute Gasteiger partial charge is 0.454 e. The normalized spacial score (nSPS) is 14.4. The SMILES string of the molecule is O=C(OCc1nccn1C(F)F)c1ccc2c(=O)n3c(nc2c1)CCCCCC3. The summed E-state index contributed by atoms with van der Waals surface area (Å²) in [6.45, 7) is -2.49. The van der Waals surface area contributed by atoms with E-state index in [1.165, 1.54) is 18.3 Å². The molecule has 1 aliphatic heterocycles. The maximum Gasteiger partial charge on any atom is 0.338 e. The van der Waals surface area contributed by atoms with Gasteiger partial charge in [0.15, 0.2) is 5.82 Å². The lowest BCUT2D eigenvalue weighted by molar-refractivity contribution is 0.0376. The molecule has 0 spiro atoms. The van der Waals surface area contributed by atoms with Gasteiger partial charge in [0.25, 0.3) is 5.56 Å². The van der Waals surface area contributed by atoms with Gasteiger partial charge >= 0.3 is 12.5 Å². The number of rotatable bonds is 4. The summed E-state index contributed by atoms with van der Waals surface area (Å²) in [4.78, 5) is 33.6. The van der Waals surface area contributed by atoms with Crippen LogP contribution in [0.4, 0.5) is 8.78 Å². The zero-order valence-electron chi connectivity index (χ0n) is 15.7. The van der Waals surface area contributed by atoms with Crippen LogP contribution >= 0.6 is 0 Å². The van der Waals surface area contributed by atoms with Crippen LogP contribution in [-0.4, -0.2) is 25.1 Å². The van der Waals surface area contributed by atoms with Crippen LogP contribution in [0.15, 0.2) is 35.4 Å². The fourth-order valence-electron chi connectivity index (χ4n) is 3.57. The fourth-order valence-corrected chi connectivity index (χ4v) is 3.57. The molecule has 9 heteroatoms. The summed E-state index contributed by atoms with van der Waals surface area (Å²) in [6.07, 6.45) is 7.17. The van der Waals surface area contributed by atoms with Crippen LogP contribution in [0.25, 0.3) is 10.9 Å². The third-order valence-electron chi connectivity index (χ3n) is 5.09. The van der Waals surface area contributed by atoms with Gasteiger partial charge in [-0.2, -0.15) is 8.78 Å². The molecule has 0 amide bonds. The number of aryl methyl sites for hydroxylation is 1. The summed E-state index contributed by atoms with van der Waals surface area (Å²) < 4.78 is 33.2. The van der Waals surface area contributed by atoms with Crippen molar-refractivity contribution in [3.05, 3.63) is 58.2 Å². The van der Waals surface area contributed by atoms with Gasteiger partial charge in [-0.15, -0.1) is 0 Å². The van der Waals surface area contributed by atoms with Gasteiger partial charge in [0.05, 0.1) is 16.5 Å². The summed E-state index contributed by atoms with van der Waals surface area (Å²) in [7, 11) is 0. The van der Waals surface area contributed by atoms with Gasteiger partial charge in [-0.25, -0.2) is 14.8 Å². The average molecular weight is 402 g/mol. The van der Waals surface area contributed by atoms with Crippen LogP contribution in [-0.2, 0) is 24.3 Å². The summed E-state index contributed by atoms with van der Waals surface area (Å²) in [5, 5.41) is 0.444. The van der Waals surface area contributed by atoms with Crippen molar-refractivity contribution in [1.29, 1.82) is 0 Å². The molecule has 29 heavy (non-hydrogen) atoms. The van der Waals surface area contributed by atoms with Crippen molar-refractivity contribution in [2.24, 2.45) is 0 Å². The highest BCUT2D eigenvalue weighted by Crippen LogP contribution is 2.18. The third-order valence-corrected chi connectivity index (χ3v) is 5.09. The fraction of sp³-hybridized carbons (Fsp3) is 0.400. The van der Waals surface area contributed by atoms with Crippen molar-refractivity contribution < 1.29 is 18.3 Å². The second kappa shape index (κ2) is 8.10. The number of hydrogen-bond donors (Lipinski definition) is 0. The van der Waals surface area contributed by atoms with E-state index in [0.29, 0.717) is 22.0 Å². The second-order valence-corrected chi connectivity index (χ2v) is 6.99. The van der Waals surface area contributed by atoms with Crippen LogP contribution in [0.1, 0.15) is 54.2 Å². The lowest BCUT2D eigenvalue weighted by atomic mass is 10.1. The van der Waals surface area contributed by atoms with Crippen LogP contribution in [0.3, 0.4) is 0 Å². The summed E-state index contributed by atoms with van der Waals surface area (Å²) >= 11 is 0. The molecule has 4 rings (SSSR count). The molecule has 0 N–H and O–H groups in total. The molecule has 0 atom stereocenters. The molecule has 0 fully saturated rings. The Morgan fingerprint density at radius 3 is 2.86 bits per heavy atom. The monoisotopic (exact) mass is 402 g/mol. The molecule has 1 aromatic carbocycles. The number of carbonyl (C=O) groups excluding carboxylic acids is 1. The molecule has 3 heterocycles. The Morgan fingerprint density at radius 2 is 2.03 bits per heavy atom. The number of halogens is 2. The Labute approximate surface area is 165 Å². The van der Waals surface area contributed by atoms with E-state index in [0.717, 1.165) is 44.1 Å². The number of ether oxygens (including phenoxy) is 1. The van der Waals surface area contributed by atoms with Crippen molar-refractivity contribution in [3.8, 4) is 0 Å². The summed E-state index contributed by atoms with van der Waals surface area (Å²) in [5.41, 5.74) is 0.534. The Morgan fingerprint density at radius 1 is 1.21 bits per heavy atom. The van der Waals surface area contributed by atoms with Crippen LogP contribution < -0.4 is 5.56 Å². The van der Waals surface area contributed by atoms with E-state index in [1.54, 1.807) is 10.6 Å². The minimum absolute atomic E-state index is 0.0492. The van der Waals surface area contributed by atoms with E-state index < -0.39 is 12.5 Å². The first kappa shape index (κ1) is 19.2. The average Bonchev–Trinajstić information content (AvgIpc) is 3.16. The highest BCUT2D eigenvalue weighted by atomic mass is 19.3. The van der Waals surface area contributed by atoms with Gasteiger partial charge < -0.3 is 4.74 Å². The van der Waals surface area contributed by atoms with Crippen LogP contribution in [0.2, 0.25) is 0 Å². The van der Waals surface area contributed by atoms with Crippen LogP contribution in [0, 0.1) is 0 Å². The zero-order chi connectivity index (χ0) is 20.4. The van der Waals surface area contributed by atoms with E-state index in [2.05, 4.69) is 9.97 Å². The first-order chi connectivity index (χ1) is 14.0. The molecule has 1 aliphatic rings. The second-order valence-electron chi connectivity index (χ2n) is 6.99. The van der Waals surface area contributed by atoms with Crippen molar-refractivity contribution in [2.75, 3.05) is 0 Å². The number of fused-ring (bicyclic) bond motifs is 2. The van der Waals surface area contributed by atoms with Crippen molar-refractivity contribution in [2.45, 2.75) is 51.8 Å². The van der Waals surface area contributed by atoms with E-state index in [9.17, 15) is 18.4 Å². The molecule has 152 valence electrons. The summed E-state index contributed by atoms with van der Waals surface area (Å²) in [5.74, 6) is -0.0112. The minimum atomic E-state index is -2.76. The maximum absolute atomic E-state index is 12.9. The van der Waals surface area contributed by atoms with Crippen molar-refractivity contribution in [1.82, 2.24) is 19.1 Å². The predicted octanol–water partition coefficient (Wildman–Crippen LogP) is 3.46. The first-order valence-electron chi connectivity index (χ1n) is 9.55.